The predicted octanol–water partition coefficient (Wildman–Crippen LogP) is 0.661. The minimum absolute atomic E-state index is 0.250. The van der Waals surface area contributed by atoms with Gasteiger partial charge in [-0.05, 0) is 26.9 Å². The molecule has 5 nitrogen and oxygen atoms in total. The van der Waals surface area contributed by atoms with Crippen LogP contribution in [0.5, 0.6) is 0 Å². The third kappa shape index (κ3) is 2.24. The van der Waals surface area contributed by atoms with Crippen LogP contribution in [0.3, 0.4) is 0 Å². The van der Waals surface area contributed by atoms with Gasteiger partial charge in [-0.3, -0.25) is 4.79 Å². The molecule has 1 aliphatic carbocycles. The van der Waals surface area contributed by atoms with Crippen molar-refractivity contribution in [3.63, 3.8) is 0 Å². The number of aromatic nitrogens is 2. The number of nitrogens with one attached hydrogen (secondary N) is 1. The molecule has 0 amide bonds. The van der Waals surface area contributed by atoms with Gasteiger partial charge in [0.15, 0.2) is 0 Å². The van der Waals surface area contributed by atoms with Crippen LogP contribution in [0.2, 0.25) is 0 Å². The average Bonchev–Trinajstić information content (AvgIpc) is 2.56. The van der Waals surface area contributed by atoms with Gasteiger partial charge in [-0.15, -0.1) is 0 Å². The Kier molecular flexibility index (Phi) is 2.96. The van der Waals surface area contributed by atoms with Gasteiger partial charge < -0.3 is 15.0 Å². The Labute approximate surface area is 94.5 Å². The van der Waals surface area contributed by atoms with E-state index in [1.165, 1.54) is 0 Å². The summed E-state index contributed by atoms with van der Waals surface area (Å²) in [6.45, 7) is 0.769. The van der Waals surface area contributed by atoms with Gasteiger partial charge in [0.1, 0.15) is 5.82 Å². The summed E-state index contributed by atoms with van der Waals surface area (Å²) in [4.78, 5) is 20.7. The van der Waals surface area contributed by atoms with E-state index in [9.17, 15) is 4.79 Å². The summed E-state index contributed by atoms with van der Waals surface area (Å²) >= 11 is 0. The van der Waals surface area contributed by atoms with Crippen molar-refractivity contribution in [1.82, 2.24) is 14.9 Å². The molecule has 1 unspecified atom stereocenters. The first-order valence-electron chi connectivity index (χ1n) is 5.50. The molecule has 0 spiro atoms. The third-order valence-corrected chi connectivity index (χ3v) is 2.91. The SMILES string of the molecule is CN(C)Cc1nc2c([nH]1)CC(C(=O)O)CC2. The fourth-order valence-corrected chi connectivity index (χ4v) is 2.12. The number of fused-ring (bicyclic) bond motifs is 1. The summed E-state index contributed by atoms with van der Waals surface area (Å²) < 4.78 is 0. The lowest BCUT2D eigenvalue weighted by atomic mass is 9.90. The second-order valence-corrected chi connectivity index (χ2v) is 4.62. The molecule has 1 atom stereocenters. The van der Waals surface area contributed by atoms with E-state index in [1.807, 2.05) is 19.0 Å². The molecule has 0 bridgehead atoms. The Bertz CT molecular complexity index is 398. The molecule has 5 heteroatoms. The maximum atomic E-state index is 10.9. The number of nitrogens with zero attached hydrogens (tertiary/aromatic N) is 2. The molecular formula is C11H17N3O2. The molecular weight excluding hydrogens is 206 g/mol. The first-order chi connectivity index (χ1) is 7.56. The van der Waals surface area contributed by atoms with Gasteiger partial charge in [-0.1, -0.05) is 0 Å². The zero-order valence-corrected chi connectivity index (χ0v) is 9.66. The molecule has 0 aliphatic heterocycles. The number of carbonyl (C=O) groups is 1. The fraction of sp³-hybridized carbons (Fsp3) is 0.636. The molecule has 88 valence electrons. The Morgan fingerprint density at radius 3 is 3.00 bits per heavy atom. The number of carboxylic acid groups (broad SMARTS) is 1. The quantitative estimate of drug-likeness (QED) is 0.790. The van der Waals surface area contributed by atoms with Crippen LogP contribution in [0.15, 0.2) is 0 Å². The molecule has 2 rings (SSSR count). The van der Waals surface area contributed by atoms with Crippen molar-refractivity contribution in [3.8, 4) is 0 Å². The van der Waals surface area contributed by atoms with Crippen molar-refractivity contribution in [3.05, 3.63) is 17.2 Å². The van der Waals surface area contributed by atoms with E-state index >= 15 is 0 Å². The van der Waals surface area contributed by atoms with Gasteiger partial charge >= 0.3 is 5.97 Å². The number of rotatable bonds is 3. The molecule has 2 N–H and O–H groups in total. The number of imidazole rings is 1. The number of aromatic amines is 1. The van der Waals surface area contributed by atoms with Crippen LogP contribution in [-0.4, -0.2) is 40.0 Å². The molecule has 0 saturated carbocycles. The van der Waals surface area contributed by atoms with Crippen LogP contribution in [0.25, 0.3) is 0 Å². The highest BCUT2D eigenvalue weighted by Gasteiger charge is 2.26. The molecule has 0 radical (unpaired) electrons. The summed E-state index contributed by atoms with van der Waals surface area (Å²) in [5, 5.41) is 8.97. The van der Waals surface area contributed by atoms with Crippen LogP contribution >= 0.6 is 0 Å². The van der Waals surface area contributed by atoms with Crippen molar-refractivity contribution in [2.24, 2.45) is 5.92 Å². The maximum Gasteiger partial charge on any atom is 0.306 e. The smallest absolute Gasteiger partial charge is 0.306 e. The van der Waals surface area contributed by atoms with Crippen molar-refractivity contribution in [2.75, 3.05) is 14.1 Å². The van der Waals surface area contributed by atoms with Gasteiger partial charge in [-0.2, -0.15) is 0 Å². The molecule has 16 heavy (non-hydrogen) atoms. The highest BCUT2D eigenvalue weighted by molar-refractivity contribution is 5.70. The number of aliphatic carboxylic acids is 1. The number of H-pyrrole nitrogens is 1. The van der Waals surface area contributed by atoms with E-state index in [0.29, 0.717) is 12.8 Å². The summed E-state index contributed by atoms with van der Waals surface area (Å²) in [7, 11) is 3.98. The summed E-state index contributed by atoms with van der Waals surface area (Å²) in [5.74, 6) is -0.0180. The summed E-state index contributed by atoms with van der Waals surface area (Å²) in [6.07, 6.45) is 2.07. The van der Waals surface area contributed by atoms with E-state index in [4.69, 9.17) is 5.11 Å². The maximum absolute atomic E-state index is 10.9. The van der Waals surface area contributed by atoms with Crippen LogP contribution in [0.1, 0.15) is 23.6 Å². The highest BCUT2D eigenvalue weighted by atomic mass is 16.4. The minimum atomic E-state index is -0.700. The Hall–Kier alpha value is -1.36. The normalized spacial score (nSPS) is 19.8. The average molecular weight is 223 g/mol. The highest BCUT2D eigenvalue weighted by Crippen LogP contribution is 2.24. The molecule has 1 aliphatic rings. The second-order valence-electron chi connectivity index (χ2n) is 4.62. The number of hydrogen-bond donors (Lipinski definition) is 2. The third-order valence-electron chi connectivity index (χ3n) is 2.91. The van der Waals surface area contributed by atoms with Crippen LogP contribution in [0.4, 0.5) is 0 Å². The van der Waals surface area contributed by atoms with Gasteiger partial charge in [-0.25, -0.2) is 4.98 Å². The monoisotopic (exact) mass is 223 g/mol. The summed E-state index contributed by atoms with van der Waals surface area (Å²) in [6, 6.07) is 0. The molecule has 1 aromatic rings. The predicted molar refractivity (Wildman–Crippen MR) is 59.1 cm³/mol. The number of carboxylic acids is 1. The molecule has 1 heterocycles. The second kappa shape index (κ2) is 4.25. The largest absolute Gasteiger partial charge is 0.481 e. The van der Waals surface area contributed by atoms with Crippen LogP contribution in [-0.2, 0) is 24.2 Å². The Morgan fingerprint density at radius 1 is 1.62 bits per heavy atom. The lowest BCUT2D eigenvalue weighted by molar-refractivity contribution is -0.142. The summed E-state index contributed by atoms with van der Waals surface area (Å²) in [5.41, 5.74) is 2.06. The Morgan fingerprint density at radius 2 is 2.38 bits per heavy atom. The van der Waals surface area contributed by atoms with E-state index in [-0.39, 0.29) is 5.92 Å². The molecule has 0 aromatic carbocycles. The zero-order chi connectivity index (χ0) is 11.7. The number of aryl methyl sites for hydroxylation is 1. The van der Waals surface area contributed by atoms with E-state index < -0.39 is 5.97 Å². The van der Waals surface area contributed by atoms with E-state index in [2.05, 4.69) is 9.97 Å². The van der Waals surface area contributed by atoms with Crippen molar-refractivity contribution >= 4 is 5.97 Å². The fourth-order valence-electron chi connectivity index (χ4n) is 2.12. The van der Waals surface area contributed by atoms with Gasteiger partial charge in [0.25, 0.3) is 0 Å². The van der Waals surface area contributed by atoms with E-state index in [0.717, 1.165) is 30.2 Å². The van der Waals surface area contributed by atoms with Gasteiger partial charge in [0, 0.05) is 12.1 Å². The lowest BCUT2D eigenvalue weighted by Crippen LogP contribution is -2.22. The first kappa shape index (κ1) is 11.1. The Balaban J connectivity index is 2.13. The molecule has 0 saturated heterocycles. The van der Waals surface area contributed by atoms with Crippen molar-refractivity contribution < 1.29 is 9.90 Å². The number of hydrogen-bond acceptors (Lipinski definition) is 3. The van der Waals surface area contributed by atoms with Crippen LogP contribution in [0, 0.1) is 5.92 Å². The first-order valence-corrected chi connectivity index (χ1v) is 5.50. The lowest BCUT2D eigenvalue weighted by Gasteiger charge is -2.16. The standard InChI is InChI=1S/C11H17N3O2/c1-14(2)6-10-12-8-4-3-7(11(15)16)5-9(8)13-10/h7H,3-6H2,1-2H3,(H,12,13)(H,15,16). The minimum Gasteiger partial charge on any atom is -0.481 e. The molecule has 0 fully saturated rings. The zero-order valence-electron chi connectivity index (χ0n) is 9.66. The van der Waals surface area contributed by atoms with Gasteiger partial charge in [0.05, 0.1) is 18.2 Å². The molecule has 1 aromatic heterocycles. The van der Waals surface area contributed by atoms with Crippen LogP contribution < -0.4 is 0 Å². The topological polar surface area (TPSA) is 69.2 Å². The van der Waals surface area contributed by atoms with Crippen molar-refractivity contribution in [1.29, 1.82) is 0 Å². The van der Waals surface area contributed by atoms with E-state index in [1.54, 1.807) is 0 Å². The van der Waals surface area contributed by atoms with Crippen molar-refractivity contribution in [2.45, 2.75) is 25.8 Å². The van der Waals surface area contributed by atoms with Gasteiger partial charge in [0.2, 0.25) is 0 Å².